The molecule has 1 fully saturated rings. The van der Waals surface area contributed by atoms with E-state index in [0.29, 0.717) is 5.90 Å². The molecular weight excluding hydrogens is 282 g/mol. The number of hydrogen-bond donors (Lipinski definition) is 1. The lowest BCUT2D eigenvalue weighted by Gasteiger charge is -2.34. The van der Waals surface area contributed by atoms with Crippen molar-refractivity contribution in [3.8, 4) is 0 Å². The maximum absolute atomic E-state index is 11.7. The largest absolute Gasteiger partial charge is 0.478 e. The van der Waals surface area contributed by atoms with E-state index in [4.69, 9.17) is 18.9 Å². The van der Waals surface area contributed by atoms with E-state index in [1.165, 1.54) is 13.2 Å². The van der Waals surface area contributed by atoms with E-state index in [9.17, 15) is 9.90 Å². The van der Waals surface area contributed by atoms with Crippen LogP contribution in [0.3, 0.4) is 0 Å². The highest BCUT2D eigenvalue weighted by atomic mass is 16.7. The van der Waals surface area contributed by atoms with Crippen molar-refractivity contribution in [1.82, 2.24) is 0 Å². The molecule has 0 aromatic heterocycles. The summed E-state index contributed by atoms with van der Waals surface area (Å²) in [5.74, 6) is -0.134. The third kappa shape index (κ3) is 2.61. The highest BCUT2D eigenvalue weighted by Gasteiger charge is 2.48. The number of rotatable bonds is 3. The number of nitrogens with zero attached hydrogens (tertiary/aromatic N) is 1. The lowest BCUT2D eigenvalue weighted by Crippen LogP contribution is -2.51. The zero-order chi connectivity index (χ0) is 15.0. The van der Waals surface area contributed by atoms with Gasteiger partial charge in [0.05, 0.1) is 13.7 Å². The molecule has 0 saturated carbocycles. The van der Waals surface area contributed by atoms with E-state index >= 15 is 0 Å². The van der Waals surface area contributed by atoms with Gasteiger partial charge in [-0.15, -0.1) is 0 Å². The van der Waals surface area contributed by atoms with Gasteiger partial charge in [-0.25, -0.2) is 9.79 Å². The molecule has 5 atom stereocenters. The molecule has 0 radical (unpaired) electrons. The topological polar surface area (TPSA) is 95.8 Å². The van der Waals surface area contributed by atoms with E-state index < -0.39 is 36.4 Å². The quantitative estimate of drug-likeness (QED) is 0.693. The van der Waals surface area contributed by atoms with Crippen molar-refractivity contribution in [2.75, 3.05) is 20.5 Å². The SMILES string of the molecule is COC(=O)C1=C[C@H]2OC(C)=N[C@@H]2[C@H]([C@H](O)C2COCO2)O1. The van der Waals surface area contributed by atoms with Crippen LogP contribution in [0.1, 0.15) is 6.92 Å². The average molecular weight is 299 g/mol. The molecule has 3 rings (SSSR count). The lowest BCUT2D eigenvalue weighted by molar-refractivity contribution is -0.147. The summed E-state index contributed by atoms with van der Waals surface area (Å²) in [5, 5.41) is 10.4. The van der Waals surface area contributed by atoms with E-state index in [-0.39, 0.29) is 19.2 Å². The molecule has 8 heteroatoms. The van der Waals surface area contributed by atoms with Crippen LogP contribution >= 0.6 is 0 Å². The van der Waals surface area contributed by atoms with Crippen molar-refractivity contribution >= 4 is 11.9 Å². The molecule has 21 heavy (non-hydrogen) atoms. The number of aliphatic hydroxyl groups is 1. The first-order valence-electron chi connectivity index (χ1n) is 6.65. The van der Waals surface area contributed by atoms with Crippen molar-refractivity contribution in [3.05, 3.63) is 11.8 Å². The van der Waals surface area contributed by atoms with Gasteiger partial charge in [0.1, 0.15) is 31.1 Å². The van der Waals surface area contributed by atoms with Gasteiger partial charge in [-0.2, -0.15) is 0 Å². The normalized spacial score (nSPS) is 36.0. The Balaban J connectivity index is 1.84. The Morgan fingerprint density at radius 3 is 3.00 bits per heavy atom. The summed E-state index contributed by atoms with van der Waals surface area (Å²) < 4.78 is 26.2. The molecule has 3 aliphatic heterocycles. The molecule has 3 heterocycles. The number of aliphatic imine (C=N–C) groups is 1. The number of carbonyl (C=O) groups is 1. The Morgan fingerprint density at radius 2 is 2.33 bits per heavy atom. The number of aliphatic hydroxyl groups excluding tert-OH is 1. The van der Waals surface area contributed by atoms with Crippen LogP contribution in [0.25, 0.3) is 0 Å². The number of carbonyl (C=O) groups excluding carboxylic acids is 1. The fraction of sp³-hybridized carbons (Fsp3) is 0.692. The summed E-state index contributed by atoms with van der Waals surface area (Å²) in [4.78, 5) is 16.0. The van der Waals surface area contributed by atoms with Gasteiger partial charge in [0.2, 0.25) is 5.76 Å². The molecule has 0 aliphatic carbocycles. The van der Waals surface area contributed by atoms with Gasteiger partial charge in [0.15, 0.2) is 12.0 Å². The molecule has 116 valence electrons. The van der Waals surface area contributed by atoms with Crippen LogP contribution in [0.15, 0.2) is 16.8 Å². The Kier molecular flexibility index (Phi) is 3.83. The summed E-state index contributed by atoms with van der Waals surface area (Å²) in [6.45, 7) is 2.10. The molecule has 1 saturated heterocycles. The third-order valence-electron chi connectivity index (χ3n) is 3.64. The van der Waals surface area contributed by atoms with E-state index in [2.05, 4.69) is 9.73 Å². The molecule has 0 bridgehead atoms. The standard InChI is InChI=1S/C13H17NO7/c1-6-14-10-7(20-6)3-8(13(16)17-2)21-12(10)11(15)9-4-18-5-19-9/h3,7,9-12,15H,4-5H2,1-2H3/t7-,9?,10+,11-,12-/m1/s1. The number of esters is 1. The first-order chi connectivity index (χ1) is 10.1. The summed E-state index contributed by atoms with van der Waals surface area (Å²) in [7, 11) is 1.26. The van der Waals surface area contributed by atoms with Gasteiger partial charge < -0.3 is 28.8 Å². The highest BCUT2D eigenvalue weighted by Crippen LogP contribution is 2.31. The van der Waals surface area contributed by atoms with E-state index in [1.54, 1.807) is 6.92 Å². The van der Waals surface area contributed by atoms with Crippen molar-refractivity contribution in [3.63, 3.8) is 0 Å². The molecule has 0 amide bonds. The molecule has 1 unspecified atom stereocenters. The number of methoxy groups -OCH3 is 1. The fourth-order valence-electron chi connectivity index (χ4n) is 2.62. The van der Waals surface area contributed by atoms with E-state index in [1.807, 2.05) is 0 Å². The van der Waals surface area contributed by atoms with Crippen molar-refractivity contribution in [2.45, 2.75) is 37.4 Å². The monoisotopic (exact) mass is 299 g/mol. The molecule has 0 spiro atoms. The molecule has 3 aliphatic rings. The van der Waals surface area contributed by atoms with Gasteiger partial charge in [-0.05, 0) is 0 Å². The summed E-state index contributed by atoms with van der Waals surface area (Å²) >= 11 is 0. The van der Waals surface area contributed by atoms with Crippen LogP contribution in [0.2, 0.25) is 0 Å². The second-order valence-corrected chi connectivity index (χ2v) is 5.01. The highest BCUT2D eigenvalue weighted by molar-refractivity contribution is 5.87. The fourth-order valence-corrected chi connectivity index (χ4v) is 2.62. The predicted octanol–water partition coefficient (Wildman–Crippen LogP) is -0.638. The number of fused-ring (bicyclic) bond motifs is 1. The van der Waals surface area contributed by atoms with Crippen LogP contribution in [0, 0.1) is 0 Å². The average Bonchev–Trinajstić information content (AvgIpc) is 3.12. The minimum atomic E-state index is -0.994. The van der Waals surface area contributed by atoms with Crippen LogP contribution in [-0.4, -0.2) is 67.9 Å². The molecule has 8 nitrogen and oxygen atoms in total. The first-order valence-corrected chi connectivity index (χ1v) is 6.65. The second kappa shape index (κ2) is 5.63. The second-order valence-electron chi connectivity index (χ2n) is 5.01. The van der Waals surface area contributed by atoms with Gasteiger partial charge >= 0.3 is 5.97 Å². The zero-order valence-electron chi connectivity index (χ0n) is 11.7. The van der Waals surface area contributed by atoms with Gasteiger partial charge in [-0.1, -0.05) is 0 Å². The molecule has 0 aromatic carbocycles. The lowest BCUT2D eigenvalue weighted by atomic mass is 9.95. The van der Waals surface area contributed by atoms with Crippen molar-refractivity contribution < 1.29 is 33.6 Å². The number of ether oxygens (including phenoxy) is 5. The maximum atomic E-state index is 11.7. The van der Waals surface area contributed by atoms with Crippen molar-refractivity contribution in [2.24, 2.45) is 4.99 Å². The molecule has 0 aromatic rings. The van der Waals surface area contributed by atoms with Gasteiger partial charge in [-0.3, -0.25) is 0 Å². The maximum Gasteiger partial charge on any atom is 0.373 e. The Morgan fingerprint density at radius 1 is 1.52 bits per heavy atom. The summed E-state index contributed by atoms with van der Waals surface area (Å²) in [5.41, 5.74) is 0. The van der Waals surface area contributed by atoms with Crippen LogP contribution in [0.5, 0.6) is 0 Å². The van der Waals surface area contributed by atoms with Crippen LogP contribution in [-0.2, 0) is 28.5 Å². The number of hydrogen-bond acceptors (Lipinski definition) is 8. The molecule has 1 N–H and O–H groups in total. The van der Waals surface area contributed by atoms with Crippen LogP contribution < -0.4 is 0 Å². The Bertz CT molecular complexity index is 483. The van der Waals surface area contributed by atoms with Crippen LogP contribution in [0.4, 0.5) is 0 Å². The summed E-state index contributed by atoms with van der Waals surface area (Å²) in [6.07, 6.45) is -1.23. The predicted molar refractivity (Wildman–Crippen MR) is 68.4 cm³/mol. The minimum absolute atomic E-state index is 0.00613. The Hall–Kier alpha value is -1.64. The summed E-state index contributed by atoms with van der Waals surface area (Å²) in [6, 6.07) is -0.433. The third-order valence-corrected chi connectivity index (χ3v) is 3.64. The van der Waals surface area contributed by atoms with Gasteiger partial charge in [0.25, 0.3) is 0 Å². The van der Waals surface area contributed by atoms with Gasteiger partial charge in [0, 0.05) is 13.0 Å². The van der Waals surface area contributed by atoms with E-state index in [0.717, 1.165) is 0 Å². The Labute approximate surface area is 121 Å². The first kappa shape index (κ1) is 14.3. The molecular formula is C13H17NO7. The minimum Gasteiger partial charge on any atom is -0.478 e. The van der Waals surface area contributed by atoms with Crippen molar-refractivity contribution in [1.29, 1.82) is 0 Å². The zero-order valence-corrected chi connectivity index (χ0v) is 11.7. The smallest absolute Gasteiger partial charge is 0.373 e.